The Morgan fingerprint density at radius 3 is 2.76 bits per heavy atom. The van der Waals surface area contributed by atoms with Crippen LogP contribution in [0, 0.1) is 3.57 Å². The maximum atomic E-state index is 9.67. The van der Waals surface area contributed by atoms with E-state index >= 15 is 0 Å². The summed E-state index contributed by atoms with van der Waals surface area (Å²) in [5, 5.41) is 13.4. The summed E-state index contributed by atoms with van der Waals surface area (Å²) in [6.07, 6.45) is -0.403. The molecule has 0 saturated heterocycles. The van der Waals surface area contributed by atoms with Crippen molar-refractivity contribution in [1.82, 2.24) is 0 Å². The predicted octanol–water partition coefficient (Wildman–Crippen LogP) is 3.14. The van der Waals surface area contributed by atoms with Crippen LogP contribution >= 0.6 is 34.2 Å². The highest BCUT2D eigenvalue weighted by Crippen LogP contribution is 2.23. The number of aliphatic hydroxyl groups is 1. The quantitative estimate of drug-likeness (QED) is 0.757. The van der Waals surface area contributed by atoms with E-state index in [0.29, 0.717) is 18.2 Å². The van der Waals surface area contributed by atoms with Crippen LogP contribution in [0.4, 0.5) is 5.69 Å². The van der Waals surface area contributed by atoms with Gasteiger partial charge in [-0.2, -0.15) is 0 Å². The average Bonchev–Trinajstić information content (AvgIpc) is 2.25. The monoisotopic (exact) mass is 369 g/mol. The molecule has 96 valence electrons. The van der Waals surface area contributed by atoms with Crippen molar-refractivity contribution >= 4 is 39.9 Å². The van der Waals surface area contributed by atoms with Gasteiger partial charge in [-0.05, 0) is 54.6 Å². The Morgan fingerprint density at radius 2 is 2.18 bits per heavy atom. The molecule has 0 heterocycles. The van der Waals surface area contributed by atoms with Gasteiger partial charge in [-0.3, -0.25) is 0 Å². The highest BCUT2D eigenvalue weighted by atomic mass is 127. The largest absolute Gasteiger partial charge is 0.389 e. The minimum absolute atomic E-state index is 0.131. The lowest BCUT2D eigenvalue weighted by atomic mass is 10.3. The fourth-order valence-corrected chi connectivity index (χ4v) is 2.15. The molecule has 5 heteroatoms. The van der Waals surface area contributed by atoms with Gasteiger partial charge in [0, 0.05) is 10.1 Å². The molecule has 1 aromatic rings. The maximum Gasteiger partial charge on any atom is 0.0945 e. The van der Waals surface area contributed by atoms with Crippen LogP contribution in [0.2, 0.25) is 5.02 Å². The van der Waals surface area contributed by atoms with Gasteiger partial charge in [0.2, 0.25) is 0 Å². The Labute approximate surface area is 121 Å². The van der Waals surface area contributed by atoms with Crippen molar-refractivity contribution in [3.05, 3.63) is 26.8 Å². The SMILES string of the molecule is CC(C)OCC(O)CNc1ccc(I)cc1Cl. The molecule has 0 aromatic heterocycles. The summed E-state index contributed by atoms with van der Waals surface area (Å²) in [7, 11) is 0. The Bertz CT molecular complexity index is 360. The molecule has 0 aliphatic heterocycles. The van der Waals surface area contributed by atoms with Gasteiger partial charge < -0.3 is 15.2 Å². The van der Waals surface area contributed by atoms with E-state index in [4.69, 9.17) is 16.3 Å². The van der Waals surface area contributed by atoms with Crippen molar-refractivity contribution in [2.24, 2.45) is 0 Å². The molecule has 0 spiro atoms. The zero-order valence-corrected chi connectivity index (χ0v) is 12.8. The molecular weight excluding hydrogens is 352 g/mol. The molecule has 1 unspecified atom stereocenters. The molecule has 17 heavy (non-hydrogen) atoms. The topological polar surface area (TPSA) is 41.5 Å². The number of ether oxygens (including phenoxy) is 1. The van der Waals surface area contributed by atoms with Crippen molar-refractivity contribution in [1.29, 1.82) is 0 Å². The summed E-state index contributed by atoms with van der Waals surface area (Å²) < 4.78 is 6.40. The number of halogens is 2. The van der Waals surface area contributed by atoms with Gasteiger partial charge in [0.05, 0.1) is 29.5 Å². The fourth-order valence-electron chi connectivity index (χ4n) is 1.22. The third-order valence-electron chi connectivity index (χ3n) is 2.08. The van der Waals surface area contributed by atoms with E-state index in [-0.39, 0.29) is 6.10 Å². The second kappa shape index (κ2) is 7.41. The molecule has 0 fully saturated rings. The number of benzene rings is 1. The van der Waals surface area contributed by atoms with E-state index in [0.717, 1.165) is 9.26 Å². The second-order valence-electron chi connectivity index (χ2n) is 4.04. The van der Waals surface area contributed by atoms with E-state index in [1.165, 1.54) is 0 Å². The van der Waals surface area contributed by atoms with Crippen LogP contribution in [-0.2, 0) is 4.74 Å². The molecule has 0 radical (unpaired) electrons. The van der Waals surface area contributed by atoms with Gasteiger partial charge in [-0.15, -0.1) is 0 Å². The Kier molecular flexibility index (Phi) is 6.54. The molecular formula is C12H17ClINO2. The first-order valence-corrected chi connectivity index (χ1v) is 6.93. The molecule has 3 nitrogen and oxygen atoms in total. The Hall–Kier alpha value is -0.0400. The first-order chi connectivity index (χ1) is 7.99. The van der Waals surface area contributed by atoms with Crippen molar-refractivity contribution in [2.75, 3.05) is 18.5 Å². The molecule has 0 bridgehead atoms. The molecule has 1 rings (SSSR count). The summed E-state index contributed by atoms with van der Waals surface area (Å²) in [6, 6.07) is 5.74. The smallest absolute Gasteiger partial charge is 0.0945 e. The van der Waals surface area contributed by atoms with Gasteiger partial charge in [0.1, 0.15) is 0 Å². The molecule has 2 N–H and O–H groups in total. The normalized spacial score (nSPS) is 12.8. The van der Waals surface area contributed by atoms with Crippen LogP contribution in [0.1, 0.15) is 13.8 Å². The van der Waals surface area contributed by atoms with E-state index in [1.54, 1.807) is 0 Å². The lowest BCUT2D eigenvalue weighted by Crippen LogP contribution is -2.26. The van der Waals surface area contributed by atoms with Crippen molar-refractivity contribution in [2.45, 2.75) is 26.1 Å². The number of hydrogen-bond donors (Lipinski definition) is 2. The zero-order chi connectivity index (χ0) is 12.8. The van der Waals surface area contributed by atoms with Crippen molar-refractivity contribution in [3.63, 3.8) is 0 Å². The van der Waals surface area contributed by atoms with E-state index in [9.17, 15) is 5.11 Å². The fraction of sp³-hybridized carbons (Fsp3) is 0.500. The van der Waals surface area contributed by atoms with Crippen LogP contribution < -0.4 is 5.32 Å². The summed E-state index contributed by atoms with van der Waals surface area (Å²) in [4.78, 5) is 0. The summed E-state index contributed by atoms with van der Waals surface area (Å²) in [6.45, 7) is 4.63. The summed E-state index contributed by atoms with van der Waals surface area (Å²) >= 11 is 8.26. The molecule has 1 atom stereocenters. The van der Waals surface area contributed by atoms with Crippen LogP contribution in [0.25, 0.3) is 0 Å². The van der Waals surface area contributed by atoms with E-state index < -0.39 is 6.10 Å². The molecule has 0 saturated carbocycles. The van der Waals surface area contributed by atoms with E-state index in [2.05, 4.69) is 27.9 Å². The summed E-state index contributed by atoms with van der Waals surface area (Å²) in [5.74, 6) is 0. The van der Waals surface area contributed by atoms with Crippen LogP contribution in [-0.4, -0.2) is 30.5 Å². The van der Waals surface area contributed by atoms with Crippen LogP contribution in [0.15, 0.2) is 18.2 Å². The van der Waals surface area contributed by atoms with Crippen LogP contribution in [0.3, 0.4) is 0 Å². The van der Waals surface area contributed by atoms with Gasteiger partial charge in [-0.25, -0.2) is 0 Å². The lowest BCUT2D eigenvalue weighted by molar-refractivity contribution is 0.0112. The number of aliphatic hydroxyl groups excluding tert-OH is 1. The highest BCUT2D eigenvalue weighted by Gasteiger charge is 2.07. The maximum absolute atomic E-state index is 9.67. The van der Waals surface area contributed by atoms with Crippen LogP contribution in [0.5, 0.6) is 0 Å². The Morgan fingerprint density at radius 1 is 1.47 bits per heavy atom. The molecule has 1 aromatic carbocycles. The van der Waals surface area contributed by atoms with Gasteiger partial charge in [0.25, 0.3) is 0 Å². The highest BCUT2D eigenvalue weighted by molar-refractivity contribution is 14.1. The number of nitrogens with one attached hydrogen (secondary N) is 1. The third-order valence-corrected chi connectivity index (χ3v) is 3.06. The minimum Gasteiger partial charge on any atom is -0.389 e. The number of anilines is 1. The third kappa shape index (κ3) is 5.90. The van der Waals surface area contributed by atoms with E-state index in [1.807, 2.05) is 32.0 Å². The van der Waals surface area contributed by atoms with Crippen molar-refractivity contribution < 1.29 is 9.84 Å². The average molecular weight is 370 g/mol. The first kappa shape index (κ1) is 15.0. The summed E-state index contributed by atoms with van der Waals surface area (Å²) in [5.41, 5.74) is 0.829. The zero-order valence-electron chi connectivity index (χ0n) is 9.91. The van der Waals surface area contributed by atoms with Gasteiger partial charge in [0.15, 0.2) is 0 Å². The standard InChI is InChI=1S/C12H17ClINO2/c1-8(2)17-7-10(16)6-15-12-4-3-9(14)5-11(12)13/h3-5,8,10,15-16H,6-7H2,1-2H3. The second-order valence-corrected chi connectivity index (χ2v) is 5.69. The lowest BCUT2D eigenvalue weighted by Gasteiger charge is -2.15. The van der Waals surface area contributed by atoms with Crippen molar-refractivity contribution in [3.8, 4) is 0 Å². The predicted molar refractivity (Wildman–Crippen MR) is 79.8 cm³/mol. The Balaban J connectivity index is 2.39. The molecule has 0 amide bonds. The number of hydrogen-bond acceptors (Lipinski definition) is 3. The molecule has 0 aliphatic rings. The molecule has 0 aliphatic carbocycles. The van der Waals surface area contributed by atoms with Gasteiger partial charge >= 0.3 is 0 Å². The number of rotatable bonds is 6. The van der Waals surface area contributed by atoms with Gasteiger partial charge in [-0.1, -0.05) is 11.6 Å². The first-order valence-electron chi connectivity index (χ1n) is 5.47. The minimum atomic E-state index is -0.534.